The Morgan fingerprint density at radius 1 is 1.07 bits per heavy atom. The summed E-state index contributed by atoms with van der Waals surface area (Å²) in [6.45, 7) is 13.4. The number of hydrogen-bond acceptors (Lipinski definition) is 10. The number of piperazine rings is 1. The molecule has 12 nitrogen and oxygen atoms in total. The van der Waals surface area contributed by atoms with Gasteiger partial charge in [0.15, 0.2) is 0 Å². The molecule has 0 atom stereocenters. The smallest absolute Gasteiger partial charge is 0.311 e. The Kier molecular flexibility index (Phi) is 9.74. The summed E-state index contributed by atoms with van der Waals surface area (Å²) in [5, 5.41) is 17.9. The highest BCUT2D eigenvalue weighted by Crippen LogP contribution is 2.28. The van der Waals surface area contributed by atoms with Crippen molar-refractivity contribution >= 4 is 15.9 Å². The number of carbonyl (C=O) groups excluding carboxylic acids is 1. The van der Waals surface area contributed by atoms with E-state index in [9.17, 15) is 18.3 Å². The number of piperidine rings is 1. The molecule has 0 aliphatic carbocycles. The molecule has 1 N–H and O–H groups in total. The van der Waals surface area contributed by atoms with Crippen molar-refractivity contribution in [3.8, 4) is 5.75 Å². The number of nitrogens with zero attached hydrogens (tertiary/aromatic N) is 6. The monoisotopic (exact) mass is 592 g/mol. The molecule has 2 fully saturated rings. The van der Waals surface area contributed by atoms with Gasteiger partial charge < -0.3 is 24.1 Å². The number of carbonyl (C=O) groups is 1. The molecule has 2 saturated heterocycles. The molecule has 1 amide bonds. The Hall–Kier alpha value is -2.58. The summed E-state index contributed by atoms with van der Waals surface area (Å²) in [4.78, 5) is 19.7. The summed E-state index contributed by atoms with van der Waals surface area (Å²) in [6, 6.07) is 3.36. The summed E-state index contributed by atoms with van der Waals surface area (Å²) in [6.07, 6.45) is 2.23. The molecule has 2 aliphatic heterocycles. The van der Waals surface area contributed by atoms with E-state index in [1.807, 2.05) is 13.8 Å². The summed E-state index contributed by atoms with van der Waals surface area (Å²) < 4.78 is 38.6. The molecule has 2 aromatic rings. The van der Waals surface area contributed by atoms with E-state index in [1.54, 1.807) is 30.9 Å². The minimum Gasteiger partial charge on any atom is -0.497 e. The maximum atomic E-state index is 13.3. The SMILES string of the molecule is COc1cc(C)c(S(=O)(=O)N(C)Cc2nnc(C(=O)N3CCN(CC4CCN(CC(C)(C)O)CC4)CC3)o2)c(C)c1. The number of aromatic nitrogens is 2. The molecule has 0 spiro atoms. The number of methoxy groups -OCH3 is 1. The third-order valence-corrected chi connectivity index (χ3v) is 9.95. The predicted molar refractivity (Wildman–Crippen MR) is 153 cm³/mol. The lowest BCUT2D eigenvalue weighted by Gasteiger charge is -2.39. The molecular weight excluding hydrogens is 548 g/mol. The number of ether oxygens (including phenoxy) is 1. The minimum absolute atomic E-state index is 0.0535. The fourth-order valence-corrected chi connectivity index (χ4v) is 7.30. The summed E-state index contributed by atoms with van der Waals surface area (Å²) in [5.41, 5.74) is 0.480. The standard InChI is InChI=1S/C28H44N6O6S/c1-20-15-23(39-6)16-21(2)25(20)41(37,38)31(5)18-24-29-30-26(40-24)27(35)34-13-11-32(12-14-34)17-22-7-9-33(10-8-22)19-28(3,4)36/h15-16,22,36H,7-14,17-19H2,1-6H3. The Balaban J connectivity index is 1.27. The molecule has 228 valence electrons. The number of likely N-dealkylation sites (tertiary alicyclic amines) is 1. The summed E-state index contributed by atoms with van der Waals surface area (Å²) >= 11 is 0. The van der Waals surface area contributed by atoms with Crippen molar-refractivity contribution in [2.75, 3.05) is 66.5 Å². The lowest BCUT2D eigenvalue weighted by atomic mass is 9.95. The fourth-order valence-electron chi connectivity index (χ4n) is 5.78. The molecule has 0 unspecified atom stereocenters. The van der Waals surface area contributed by atoms with Gasteiger partial charge in [0, 0.05) is 46.3 Å². The maximum Gasteiger partial charge on any atom is 0.311 e. The highest BCUT2D eigenvalue weighted by Gasteiger charge is 2.31. The van der Waals surface area contributed by atoms with Crippen LogP contribution in [-0.2, 0) is 16.6 Å². The number of aliphatic hydroxyl groups is 1. The number of benzene rings is 1. The van der Waals surface area contributed by atoms with Gasteiger partial charge in [0.2, 0.25) is 15.9 Å². The summed E-state index contributed by atoms with van der Waals surface area (Å²) in [5.74, 6) is 0.794. The van der Waals surface area contributed by atoms with Crippen molar-refractivity contribution in [3.63, 3.8) is 0 Å². The van der Waals surface area contributed by atoms with E-state index in [-0.39, 0.29) is 29.1 Å². The molecule has 3 heterocycles. The highest BCUT2D eigenvalue weighted by molar-refractivity contribution is 7.89. The number of β-amino-alcohol motifs (C(OH)–C–C–N with tert-alkyl or cyclic N) is 1. The average molecular weight is 593 g/mol. The first-order chi connectivity index (χ1) is 19.3. The van der Waals surface area contributed by atoms with E-state index in [0.29, 0.717) is 42.4 Å². The molecule has 41 heavy (non-hydrogen) atoms. The van der Waals surface area contributed by atoms with Crippen LogP contribution in [0.2, 0.25) is 0 Å². The maximum absolute atomic E-state index is 13.3. The Morgan fingerprint density at radius 2 is 1.68 bits per heavy atom. The molecule has 4 rings (SSSR count). The third kappa shape index (κ3) is 7.83. The van der Waals surface area contributed by atoms with E-state index in [0.717, 1.165) is 49.9 Å². The number of rotatable bonds is 10. The van der Waals surface area contributed by atoms with Crippen molar-refractivity contribution in [3.05, 3.63) is 35.0 Å². The first kappa shape index (κ1) is 31.4. The predicted octanol–water partition coefficient (Wildman–Crippen LogP) is 1.76. The van der Waals surface area contributed by atoms with Gasteiger partial charge in [-0.05, 0) is 82.8 Å². The van der Waals surface area contributed by atoms with Crippen LogP contribution in [0, 0.1) is 19.8 Å². The van der Waals surface area contributed by atoms with Crippen LogP contribution in [0.25, 0.3) is 0 Å². The van der Waals surface area contributed by atoms with Crippen LogP contribution in [-0.4, -0.2) is 121 Å². The third-order valence-electron chi connectivity index (χ3n) is 7.84. The number of hydrogen-bond donors (Lipinski definition) is 1. The van der Waals surface area contributed by atoms with Gasteiger partial charge in [-0.25, -0.2) is 8.42 Å². The summed E-state index contributed by atoms with van der Waals surface area (Å²) in [7, 11) is -0.868. The minimum atomic E-state index is -3.85. The van der Waals surface area contributed by atoms with Crippen molar-refractivity contribution in [1.82, 2.24) is 29.2 Å². The van der Waals surface area contributed by atoms with Gasteiger partial charge in [0.05, 0.1) is 24.2 Å². The molecule has 0 bridgehead atoms. The van der Waals surface area contributed by atoms with Crippen molar-refractivity contribution in [1.29, 1.82) is 0 Å². The molecule has 1 aromatic heterocycles. The van der Waals surface area contributed by atoms with Gasteiger partial charge in [-0.15, -0.1) is 10.2 Å². The zero-order valence-electron chi connectivity index (χ0n) is 25.1. The van der Waals surface area contributed by atoms with Crippen LogP contribution < -0.4 is 4.74 Å². The van der Waals surface area contributed by atoms with Crippen LogP contribution >= 0.6 is 0 Å². The molecule has 0 saturated carbocycles. The van der Waals surface area contributed by atoms with Crippen LogP contribution in [0.3, 0.4) is 0 Å². The van der Waals surface area contributed by atoms with Crippen molar-refractivity contribution in [2.24, 2.45) is 5.92 Å². The van der Waals surface area contributed by atoms with Gasteiger partial charge in [0.1, 0.15) is 5.75 Å². The van der Waals surface area contributed by atoms with Crippen LogP contribution in [0.15, 0.2) is 21.4 Å². The second-order valence-electron chi connectivity index (χ2n) is 12.0. The van der Waals surface area contributed by atoms with E-state index in [4.69, 9.17) is 9.15 Å². The van der Waals surface area contributed by atoms with Crippen molar-refractivity contribution in [2.45, 2.75) is 57.6 Å². The Labute approximate surface area is 243 Å². The Morgan fingerprint density at radius 3 is 2.24 bits per heavy atom. The number of aryl methyl sites for hydroxylation is 2. The van der Waals surface area contributed by atoms with E-state index < -0.39 is 15.6 Å². The lowest BCUT2D eigenvalue weighted by molar-refractivity contribution is 0.0196. The van der Waals surface area contributed by atoms with Gasteiger partial charge in [-0.3, -0.25) is 9.69 Å². The van der Waals surface area contributed by atoms with E-state index >= 15 is 0 Å². The molecule has 2 aliphatic rings. The molecular formula is C28H44N6O6S. The van der Waals surface area contributed by atoms with Crippen LogP contribution in [0.4, 0.5) is 0 Å². The largest absolute Gasteiger partial charge is 0.497 e. The molecule has 1 aromatic carbocycles. The normalized spacial score (nSPS) is 18.3. The second kappa shape index (κ2) is 12.7. The lowest BCUT2D eigenvalue weighted by Crippen LogP contribution is -2.51. The first-order valence-corrected chi connectivity index (χ1v) is 15.6. The Bertz CT molecular complexity index is 1280. The number of sulfonamides is 1. The highest BCUT2D eigenvalue weighted by atomic mass is 32.2. The van der Waals surface area contributed by atoms with Gasteiger partial charge in [-0.1, -0.05) is 0 Å². The van der Waals surface area contributed by atoms with Gasteiger partial charge in [-0.2, -0.15) is 4.31 Å². The molecule has 13 heteroatoms. The molecule has 0 radical (unpaired) electrons. The van der Waals surface area contributed by atoms with Gasteiger partial charge >= 0.3 is 11.8 Å². The van der Waals surface area contributed by atoms with Crippen LogP contribution in [0.5, 0.6) is 5.75 Å². The van der Waals surface area contributed by atoms with E-state index in [1.165, 1.54) is 14.2 Å². The quantitative estimate of drug-likeness (QED) is 0.435. The zero-order valence-corrected chi connectivity index (χ0v) is 25.9. The second-order valence-corrected chi connectivity index (χ2v) is 14.0. The van der Waals surface area contributed by atoms with Crippen LogP contribution in [0.1, 0.15) is 54.4 Å². The van der Waals surface area contributed by atoms with E-state index in [2.05, 4.69) is 20.0 Å². The van der Waals surface area contributed by atoms with Gasteiger partial charge in [0.25, 0.3) is 0 Å². The topological polar surface area (TPSA) is 133 Å². The zero-order chi connectivity index (χ0) is 29.9. The van der Waals surface area contributed by atoms with Crippen molar-refractivity contribution < 1.29 is 27.5 Å². The first-order valence-electron chi connectivity index (χ1n) is 14.2. The number of amides is 1. The fraction of sp³-hybridized carbons (Fsp3) is 0.679. The average Bonchev–Trinajstić information content (AvgIpc) is 3.37.